The van der Waals surface area contributed by atoms with E-state index in [-0.39, 0.29) is 0 Å². The quantitative estimate of drug-likeness (QED) is 0.366. The van der Waals surface area contributed by atoms with Gasteiger partial charge in [-0.25, -0.2) is 0 Å². The lowest BCUT2D eigenvalue weighted by Crippen LogP contribution is -1.57. The van der Waals surface area contributed by atoms with Crippen LogP contribution in [0.3, 0.4) is 0 Å². The standard InChI is InChI=1S/C3H6N2O/c1-3-4-5-6-2/h3H,1H2,2H3. The van der Waals surface area contributed by atoms with Crippen LogP contribution in [0.1, 0.15) is 0 Å². The van der Waals surface area contributed by atoms with E-state index in [2.05, 4.69) is 21.8 Å². The Morgan fingerprint density at radius 2 is 2.50 bits per heavy atom. The first-order chi connectivity index (χ1) is 2.91. The van der Waals surface area contributed by atoms with Gasteiger partial charge in [-0.05, 0) is 0 Å². The minimum Gasteiger partial charge on any atom is -0.383 e. The van der Waals surface area contributed by atoms with Gasteiger partial charge >= 0.3 is 0 Å². The van der Waals surface area contributed by atoms with E-state index in [1.54, 1.807) is 0 Å². The summed E-state index contributed by atoms with van der Waals surface area (Å²) in [5.74, 6) is 0. The van der Waals surface area contributed by atoms with Gasteiger partial charge in [0.2, 0.25) is 0 Å². The topological polar surface area (TPSA) is 34.0 Å². The molecule has 0 bridgehead atoms. The number of hydrogen-bond donors (Lipinski definition) is 0. The Balaban J connectivity index is 2.94. The van der Waals surface area contributed by atoms with Crippen molar-refractivity contribution in [3.63, 3.8) is 0 Å². The third-order valence-corrected chi connectivity index (χ3v) is 0.210. The molecule has 0 aliphatic rings. The van der Waals surface area contributed by atoms with Gasteiger partial charge in [-0.1, -0.05) is 6.58 Å². The van der Waals surface area contributed by atoms with E-state index in [4.69, 9.17) is 0 Å². The lowest BCUT2D eigenvalue weighted by molar-refractivity contribution is 0.190. The molecule has 0 saturated carbocycles. The van der Waals surface area contributed by atoms with Crippen molar-refractivity contribution in [2.45, 2.75) is 0 Å². The summed E-state index contributed by atoms with van der Waals surface area (Å²) in [6.07, 6.45) is 1.30. The maximum atomic E-state index is 4.17. The van der Waals surface area contributed by atoms with Crippen LogP contribution in [0.25, 0.3) is 0 Å². The lowest BCUT2D eigenvalue weighted by Gasteiger charge is -1.74. The van der Waals surface area contributed by atoms with Crippen LogP contribution in [0.5, 0.6) is 0 Å². The summed E-state index contributed by atoms with van der Waals surface area (Å²) in [4.78, 5) is 4.17. The molecule has 6 heavy (non-hydrogen) atoms. The maximum absolute atomic E-state index is 4.17. The zero-order chi connectivity index (χ0) is 4.83. The molecule has 34 valence electrons. The Hall–Kier alpha value is -0.860. The monoisotopic (exact) mass is 86.0 g/mol. The largest absolute Gasteiger partial charge is 0.383 e. The average Bonchev–Trinajstić information content (AvgIpc) is 1.61. The van der Waals surface area contributed by atoms with Gasteiger partial charge in [-0.15, -0.1) is 5.11 Å². The first-order valence-electron chi connectivity index (χ1n) is 1.46. The number of rotatable bonds is 2. The Kier molecular flexibility index (Phi) is 3.55. The fourth-order valence-corrected chi connectivity index (χ4v) is 0.0805. The third-order valence-electron chi connectivity index (χ3n) is 0.210. The molecule has 0 spiro atoms. The van der Waals surface area contributed by atoms with Crippen LogP contribution in [-0.4, -0.2) is 7.11 Å². The Morgan fingerprint density at radius 1 is 1.83 bits per heavy atom. The second-order valence-electron chi connectivity index (χ2n) is 0.562. The Bertz CT molecular complexity index is 59.8. The molecule has 0 aliphatic carbocycles. The van der Waals surface area contributed by atoms with Gasteiger partial charge in [0.15, 0.2) is 0 Å². The molecule has 0 aromatic carbocycles. The smallest absolute Gasteiger partial charge is 0.108 e. The average molecular weight is 86.1 g/mol. The molecule has 0 aliphatic heterocycles. The van der Waals surface area contributed by atoms with Crippen molar-refractivity contribution in [2.24, 2.45) is 10.4 Å². The van der Waals surface area contributed by atoms with E-state index >= 15 is 0 Å². The summed E-state index contributed by atoms with van der Waals surface area (Å²) in [6.45, 7) is 3.26. The van der Waals surface area contributed by atoms with Crippen LogP contribution in [0.2, 0.25) is 0 Å². The molecular formula is C3H6N2O. The van der Waals surface area contributed by atoms with Crippen molar-refractivity contribution in [1.29, 1.82) is 0 Å². The first-order valence-corrected chi connectivity index (χ1v) is 1.46. The summed E-state index contributed by atoms with van der Waals surface area (Å²) < 4.78 is 0. The fraction of sp³-hybridized carbons (Fsp3) is 0.333. The minimum absolute atomic E-state index is 1.30. The first kappa shape index (κ1) is 5.14. The normalized spacial score (nSPS) is 8.83. The second-order valence-corrected chi connectivity index (χ2v) is 0.562. The minimum atomic E-state index is 1.30. The molecule has 0 amide bonds. The van der Waals surface area contributed by atoms with Crippen LogP contribution in [0, 0.1) is 0 Å². The molecule has 0 aromatic heterocycles. The summed E-state index contributed by atoms with van der Waals surface area (Å²) in [5, 5.41) is 6.35. The van der Waals surface area contributed by atoms with Crippen molar-refractivity contribution >= 4 is 0 Å². The van der Waals surface area contributed by atoms with Gasteiger partial charge in [-0.2, -0.15) is 0 Å². The molecule has 0 rings (SSSR count). The molecule has 3 nitrogen and oxygen atoms in total. The zero-order valence-corrected chi connectivity index (χ0v) is 3.59. The highest BCUT2D eigenvalue weighted by molar-refractivity contribution is 4.54. The highest BCUT2D eigenvalue weighted by Crippen LogP contribution is 1.70. The fourth-order valence-electron chi connectivity index (χ4n) is 0.0805. The SMILES string of the molecule is C=CN=NOC. The predicted octanol–water partition coefficient (Wildman–Crippen LogP) is 1.14. The molecule has 0 radical (unpaired) electrons. The van der Waals surface area contributed by atoms with E-state index in [0.717, 1.165) is 0 Å². The van der Waals surface area contributed by atoms with Gasteiger partial charge in [0.1, 0.15) is 7.11 Å². The van der Waals surface area contributed by atoms with E-state index in [1.807, 2.05) is 0 Å². The van der Waals surface area contributed by atoms with Crippen LogP contribution in [0.4, 0.5) is 0 Å². The molecular weight excluding hydrogens is 80.0 g/mol. The van der Waals surface area contributed by atoms with E-state index in [9.17, 15) is 0 Å². The molecule has 0 aromatic rings. The zero-order valence-electron chi connectivity index (χ0n) is 3.59. The van der Waals surface area contributed by atoms with Crippen molar-refractivity contribution in [1.82, 2.24) is 0 Å². The van der Waals surface area contributed by atoms with Crippen molar-refractivity contribution < 1.29 is 4.84 Å². The van der Waals surface area contributed by atoms with Crippen LogP contribution >= 0.6 is 0 Å². The van der Waals surface area contributed by atoms with Crippen LogP contribution < -0.4 is 0 Å². The van der Waals surface area contributed by atoms with Crippen molar-refractivity contribution in [2.75, 3.05) is 7.11 Å². The Labute approximate surface area is 36.3 Å². The highest BCUT2D eigenvalue weighted by atomic mass is 16.6. The third kappa shape index (κ3) is 3.14. The van der Waals surface area contributed by atoms with Gasteiger partial charge in [0.25, 0.3) is 0 Å². The lowest BCUT2D eigenvalue weighted by atomic mass is 11.1. The summed E-state index contributed by atoms with van der Waals surface area (Å²) >= 11 is 0. The Morgan fingerprint density at radius 3 is 2.67 bits per heavy atom. The van der Waals surface area contributed by atoms with E-state index in [0.29, 0.717) is 0 Å². The highest BCUT2D eigenvalue weighted by Gasteiger charge is 1.52. The summed E-state index contributed by atoms with van der Waals surface area (Å²) in [5.41, 5.74) is 0. The van der Waals surface area contributed by atoms with Gasteiger partial charge in [-0.3, -0.25) is 0 Å². The molecule has 0 N–H and O–H groups in total. The maximum Gasteiger partial charge on any atom is 0.108 e. The van der Waals surface area contributed by atoms with Crippen LogP contribution in [-0.2, 0) is 4.84 Å². The van der Waals surface area contributed by atoms with Crippen LogP contribution in [0.15, 0.2) is 23.2 Å². The van der Waals surface area contributed by atoms with Crippen molar-refractivity contribution in [3.05, 3.63) is 12.8 Å². The summed E-state index contributed by atoms with van der Waals surface area (Å²) in [6, 6.07) is 0. The predicted molar refractivity (Wildman–Crippen MR) is 22.1 cm³/mol. The molecule has 3 heteroatoms. The molecule has 0 unspecified atom stereocenters. The molecule has 0 heterocycles. The van der Waals surface area contributed by atoms with E-state index in [1.165, 1.54) is 13.3 Å². The summed E-state index contributed by atoms with van der Waals surface area (Å²) in [7, 11) is 1.42. The molecule has 0 saturated heterocycles. The molecule has 0 atom stereocenters. The second kappa shape index (κ2) is 4.14. The molecule has 0 fully saturated rings. The van der Waals surface area contributed by atoms with Gasteiger partial charge < -0.3 is 4.84 Å². The van der Waals surface area contributed by atoms with Gasteiger partial charge in [0.05, 0.1) is 0 Å². The number of nitrogens with zero attached hydrogens (tertiary/aromatic N) is 2. The number of hydrogen-bond acceptors (Lipinski definition) is 3. The van der Waals surface area contributed by atoms with Crippen molar-refractivity contribution in [3.8, 4) is 0 Å². The van der Waals surface area contributed by atoms with Gasteiger partial charge in [0, 0.05) is 11.5 Å². The van der Waals surface area contributed by atoms with E-state index < -0.39 is 0 Å².